The summed E-state index contributed by atoms with van der Waals surface area (Å²) < 4.78 is 0. The molecule has 0 fully saturated rings. The fraction of sp³-hybridized carbons (Fsp3) is 0.571. The molecule has 0 saturated carbocycles. The van der Waals surface area contributed by atoms with Crippen LogP contribution >= 0.6 is 0 Å². The van der Waals surface area contributed by atoms with Crippen LogP contribution in [0.4, 0.5) is 0 Å². The first-order valence-corrected chi connectivity index (χ1v) is 6.69. The maximum atomic E-state index is 12.3. The third-order valence-electron chi connectivity index (χ3n) is 2.60. The van der Waals surface area contributed by atoms with Gasteiger partial charge in [0.05, 0.1) is 12.6 Å². The van der Waals surface area contributed by atoms with E-state index in [-0.39, 0.29) is 17.5 Å². The highest BCUT2D eigenvalue weighted by atomic mass is 16.7. The number of nitrogens with zero attached hydrogens (tertiary/aromatic N) is 1. The van der Waals surface area contributed by atoms with Crippen molar-refractivity contribution in [2.24, 2.45) is 0 Å². The lowest BCUT2D eigenvalue weighted by Gasteiger charge is -2.25. The molecule has 0 aromatic carbocycles. The first-order chi connectivity index (χ1) is 8.99. The van der Waals surface area contributed by atoms with E-state index in [1.54, 1.807) is 6.07 Å². The molecule has 5 heteroatoms. The zero-order valence-electron chi connectivity index (χ0n) is 12.0. The Labute approximate surface area is 113 Å². The summed E-state index contributed by atoms with van der Waals surface area (Å²) in [5.41, 5.74) is 0.891. The Morgan fingerprint density at radius 2 is 2.05 bits per heavy atom. The van der Waals surface area contributed by atoms with Gasteiger partial charge in [-0.05, 0) is 33.3 Å². The van der Waals surface area contributed by atoms with Gasteiger partial charge in [0.15, 0.2) is 0 Å². The van der Waals surface area contributed by atoms with E-state index in [0.29, 0.717) is 12.2 Å². The Hall–Kier alpha value is -1.62. The number of hydrogen-bond donors (Lipinski definition) is 1. The van der Waals surface area contributed by atoms with E-state index in [4.69, 9.17) is 4.84 Å². The van der Waals surface area contributed by atoms with Gasteiger partial charge in [-0.3, -0.25) is 14.4 Å². The fourth-order valence-electron chi connectivity index (χ4n) is 1.84. The van der Waals surface area contributed by atoms with E-state index in [1.807, 2.05) is 27.7 Å². The topological polar surface area (TPSA) is 62.4 Å². The summed E-state index contributed by atoms with van der Waals surface area (Å²) in [5.74, 6) is -0.277. The summed E-state index contributed by atoms with van der Waals surface area (Å²) in [6.45, 7) is 7.99. The number of aryl methyl sites for hydroxylation is 1. The summed E-state index contributed by atoms with van der Waals surface area (Å²) >= 11 is 0. The molecule has 0 bridgehead atoms. The molecule has 0 unspecified atom stereocenters. The minimum absolute atomic E-state index is 0.0821. The van der Waals surface area contributed by atoms with Gasteiger partial charge in [-0.15, -0.1) is 0 Å². The lowest BCUT2D eigenvalue weighted by molar-refractivity contribution is -0.137. The van der Waals surface area contributed by atoms with Gasteiger partial charge in [-0.1, -0.05) is 13.3 Å². The van der Waals surface area contributed by atoms with E-state index < -0.39 is 0 Å². The molecular formula is C14H22N2O3. The van der Waals surface area contributed by atoms with Crippen LogP contribution in [0.2, 0.25) is 0 Å². The number of aromatic nitrogens is 1. The van der Waals surface area contributed by atoms with E-state index in [9.17, 15) is 9.59 Å². The standard InChI is InChI=1S/C14H22N2O3/c1-5-7-12-8-11(9-13(17)15-12)14(18)16(10(3)4)19-6-2/h8-10H,5-7H2,1-4H3,(H,15,17). The number of pyridine rings is 1. The number of carbonyl (C=O) groups excluding carboxylic acids is 1. The van der Waals surface area contributed by atoms with Crippen molar-refractivity contribution < 1.29 is 9.63 Å². The second kappa shape index (κ2) is 7.09. The van der Waals surface area contributed by atoms with Crippen LogP contribution in [0.1, 0.15) is 50.2 Å². The Bertz CT molecular complexity index is 480. The van der Waals surface area contributed by atoms with Crippen molar-refractivity contribution in [2.45, 2.75) is 46.6 Å². The number of aromatic amines is 1. The summed E-state index contributed by atoms with van der Waals surface area (Å²) in [7, 11) is 0. The molecule has 1 N–H and O–H groups in total. The highest BCUT2D eigenvalue weighted by Crippen LogP contribution is 2.09. The summed E-state index contributed by atoms with van der Waals surface area (Å²) in [4.78, 5) is 32.0. The van der Waals surface area contributed by atoms with Crippen LogP contribution in [0.25, 0.3) is 0 Å². The van der Waals surface area contributed by atoms with Gasteiger partial charge < -0.3 is 4.98 Å². The Kier molecular flexibility index (Phi) is 5.76. The Balaban J connectivity index is 3.06. The van der Waals surface area contributed by atoms with Crippen molar-refractivity contribution in [1.29, 1.82) is 0 Å². The van der Waals surface area contributed by atoms with Crippen LogP contribution in [0.5, 0.6) is 0 Å². The monoisotopic (exact) mass is 266 g/mol. The SMILES string of the molecule is CCCc1cc(C(=O)N(OCC)C(C)C)cc(=O)[nH]1. The second-order valence-electron chi connectivity index (χ2n) is 4.65. The largest absolute Gasteiger partial charge is 0.326 e. The number of H-pyrrole nitrogens is 1. The van der Waals surface area contributed by atoms with Gasteiger partial charge in [0.2, 0.25) is 5.56 Å². The van der Waals surface area contributed by atoms with Crippen LogP contribution < -0.4 is 5.56 Å². The highest BCUT2D eigenvalue weighted by molar-refractivity contribution is 5.93. The van der Waals surface area contributed by atoms with Crippen LogP contribution in [-0.2, 0) is 11.3 Å². The molecule has 19 heavy (non-hydrogen) atoms. The van der Waals surface area contributed by atoms with E-state index in [1.165, 1.54) is 11.1 Å². The lowest BCUT2D eigenvalue weighted by Crippen LogP contribution is -2.37. The molecule has 1 aromatic rings. The molecule has 1 amide bonds. The maximum Gasteiger partial charge on any atom is 0.277 e. The number of nitrogens with one attached hydrogen (secondary N) is 1. The molecule has 0 aliphatic carbocycles. The molecule has 1 rings (SSSR count). The average molecular weight is 266 g/mol. The van der Waals surface area contributed by atoms with Crippen molar-refractivity contribution in [3.63, 3.8) is 0 Å². The Morgan fingerprint density at radius 3 is 2.58 bits per heavy atom. The van der Waals surface area contributed by atoms with Crippen LogP contribution in [0.3, 0.4) is 0 Å². The fourth-order valence-corrected chi connectivity index (χ4v) is 1.84. The molecule has 0 spiro atoms. The van der Waals surface area contributed by atoms with Crippen molar-refractivity contribution in [3.05, 3.63) is 33.7 Å². The zero-order chi connectivity index (χ0) is 14.4. The molecule has 0 radical (unpaired) electrons. The molecular weight excluding hydrogens is 244 g/mol. The number of rotatable bonds is 6. The molecule has 0 atom stereocenters. The summed E-state index contributed by atoms with van der Waals surface area (Å²) in [6.07, 6.45) is 1.65. The zero-order valence-corrected chi connectivity index (χ0v) is 12.0. The minimum atomic E-state index is -0.277. The molecule has 1 aromatic heterocycles. The predicted molar refractivity (Wildman–Crippen MR) is 74.0 cm³/mol. The molecule has 5 nitrogen and oxygen atoms in total. The number of carbonyl (C=O) groups is 1. The van der Waals surface area contributed by atoms with Crippen LogP contribution in [0, 0.1) is 0 Å². The first kappa shape index (κ1) is 15.4. The van der Waals surface area contributed by atoms with Gasteiger partial charge in [0.25, 0.3) is 5.91 Å². The van der Waals surface area contributed by atoms with Gasteiger partial charge in [0.1, 0.15) is 0 Å². The van der Waals surface area contributed by atoms with Gasteiger partial charge in [0, 0.05) is 17.3 Å². The summed E-state index contributed by atoms with van der Waals surface area (Å²) in [5, 5.41) is 1.31. The summed E-state index contributed by atoms with van der Waals surface area (Å²) in [6, 6.07) is 2.96. The quantitative estimate of drug-likeness (QED) is 0.802. The highest BCUT2D eigenvalue weighted by Gasteiger charge is 2.20. The molecule has 1 heterocycles. The minimum Gasteiger partial charge on any atom is -0.326 e. The van der Waals surface area contributed by atoms with Crippen molar-refractivity contribution in [2.75, 3.05) is 6.61 Å². The van der Waals surface area contributed by atoms with Gasteiger partial charge in [-0.2, -0.15) is 0 Å². The Morgan fingerprint density at radius 1 is 1.37 bits per heavy atom. The number of hydrogen-bond acceptors (Lipinski definition) is 3. The van der Waals surface area contributed by atoms with E-state index in [2.05, 4.69) is 4.98 Å². The molecule has 0 saturated heterocycles. The normalized spacial score (nSPS) is 10.8. The third kappa shape index (κ3) is 4.21. The lowest BCUT2D eigenvalue weighted by atomic mass is 10.1. The first-order valence-electron chi connectivity index (χ1n) is 6.69. The van der Waals surface area contributed by atoms with Gasteiger partial charge >= 0.3 is 0 Å². The van der Waals surface area contributed by atoms with Crippen LogP contribution in [0.15, 0.2) is 16.9 Å². The van der Waals surface area contributed by atoms with E-state index in [0.717, 1.165) is 18.5 Å². The number of hydroxylamine groups is 2. The molecule has 0 aliphatic heterocycles. The second-order valence-corrected chi connectivity index (χ2v) is 4.65. The number of amides is 1. The van der Waals surface area contributed by atoms with Crippen molar-refractivity contribution in [3.8, 4) is 0 Å². The van der Waals surface area contributed by atoms with Crippen molar-refractivity contribution >= 4 is 5.91 Å². The van der Waals surface area contributed by atoms with Crippen molar-refractivity contribution in [1.82, 2.24) is 10.0 Å². The molecule has 0 aliphatic rings. The predicted octanol–water partition coefficient (Wildman–Crippen LogP) is 2.13. The van der Waals surface area contributed by atoms with Crippen LogP contribution in [-0.4, -0.2) is 28.6 Å². The average Bonchev–Trinajstić information content (AvgIpc) is 2.34. The third-order valence-corrected chi connectivity index (χ3v) is 2.60. The van der Waals surface area contributed by atoms with Gasteiger partial charge in [-0.25, -0.2) is 5.06 Å². The molecule has 106 valence electrons. The smallest absolute Gasteiger partial charge is 0.277 e. The van der Waals surface area contributed by atoms with E-state index >= 15 is 0 Å². The maximum absolute atomic E-state index is 12.3.